The van der Waals surface area contributed by atoms with Crippen LogP contribution in [0, 0.1) is 6.92 Å². The van der Waals surface area contributed by atoms with E-state index in [1.807, 2.05) is 57.1 Å². The molecular formula is C12H18N2O. The van der Waals surface area contributed by atoms with Crippen molar-refractivity contribution >= 4 is 11.6 Å². The first-order chi connectivity index (χ1) is 7.00. The summed E-state index contributed by atoms with van der Waals surface area (Å²) in [7, 11) is 3.78. The average molecular weight is 206 g/mol. The van der Waals surface area contributed by atoms with Crippen LogP contribution < -0.4 is 5.32 Å². The normalized spacial score (nSPS) is 12.6. The summed E-state index contributed by atoms with van der Waals surface area (Å²) < 4.78 is 0. The van der Waals surface area contributed by atoms with Gasteiger partial charge in [-0.2, -0.15) is 0 Å². The van der Waals surface area contributed by atoms with Crippen molar-refractivity contribution in [2.75, 3.05) is 19.4 Å². The van der Waals surface area contributed by atoms with Crippen LogP contribution in [-0.4, -0.2) is 30.9 Å². The fraction of sp³-hybridized carbons (Fsp3) is 0.417. The molecule has 82 valence electrons. The minimum atomic E-state index is -0.119. The number of hydrogen-bond acceptors (Lipinski definition) is 2. The summed E-state index contributed by atoms with van der Waals surface area (Å²) in [6.07, 6.45) is 0. The summed E-state index contributed by atoms with van der Waals surface area (Å²) in [6.45, 7) is 3.90. The molecule has 0 fully saturated rings. The molecule has 0 aliphatic rings. The highest BCUT2D eigenvalue weighted by molar-refractivity contribution is 5.94. The fourth-order valence-corrected chi connectivity index (χ4v) is 1.12. The first-order valence-corrected chi connectivity index (χ1v) is 5.04. The smallest absolute Gasteiger partial charge is 0.241 e. The minimum Gasteiger partial charge on any atom is -0.325 e. The van der Waals surface area contributed by atoms with Gasteiger partial charge in [-0.1, -0.05) is 17.7 Å². The average Bonchev–Trinajstić information content (AvgIpc) is 2.20. The molecule has 1 rings (SSSR count). The van der Waals surface area contributed by atoms with Crippen molar-refractivity contribution in [2.24, 2.45) is 0 Å². The van der Waals surface area contributed by atoms with E-state index in [1.165, 1.54) is 5.56 Å². The van der Waals surface area contributed by atoms with Gasteiger partial charge in [-0.15, -0.1) is 0 Å². The van der Waals surface area contributed by atoms with Crippen LogP contribution in [0.15, 0.2) is 24.3 Å². The van der Waals surface area contributed by atoms with Crippen molar-refractivity contribution in [3.05, 3.63) is 29.8 Å². The predicted octanol–water partition coefficient (Wildman–Crippen LogP) is 1.88. The number of nitrogens with one attached hydrogen (secondary N) is 1. The molecule has 15 heavy (non-hydrogen) atoms. The maximum atomic E-state index is 11.7. The third kappa shape index (κ3) is 3.36. The summed E-state index contributed by atoms with van der Waals surface area (Å²) in [6, 6.07) is 7.67. The number of anilines is 1. The molecule has 0 aliphatic heterocycles. The highest BCUT2D eigenvalue weighted by Crippen LogP contribution is 2.09. The van der Waals surface area contributed by atoms with E-state index in [-0.39, 0.29) is 11.9 Å². The van der Waals surface area contributed by atoms with Gasteiger partial charge < -0.3 is 5.32 Å². The van der Waals surface area contributed by atoms with Crippen LogP contribution in [0.2, 0.25) is 0 Å². The number of nitrogens with zero attached hydrogens (tertiary/aromatic N) is 1. The number of carbonyl (C=O) groups is 1. The molecular weight excluding hydrogens is 188 g/mol. The topological polar surface area (TPSA) is 32.3 Å². The number of aryl methyl sites for hydroxylation is 1. The van der Waals surface area contributed by atoms with E-state index in [1.54, 1.807) is 0 Å². The molecule has 1 N–H and O–H groups in total. The molecule has 1 amide bonds. The zero-order valence-electron chi connectivity index (χ0n) is 9.74. The molecule has 1 unspecified atom stereocenters. The number of amides is 1. The highest BCUT2D eigenvalue weighted by atomic mass is 16.2. The Morgan fingerprint density at radius 2 is 1.80 bits per heavy atom. The van der Waals surface area contributed by atoms with Gasteiger partial charge in [0.25, 0.3) is 0 Å². The predicted molar refractivity (Wildman–Crippen MR) is 63.0 cm³/mol. The van der Waals surface area contributed by atoms with Crippen LogP contribution in [0.4, 0.5) is 5.69 Å². The summed E-state index contributed by atoms with van der Waals surface area (Å²) in [5, 5.41) is 2.87. The van der Waals surface area contributed by atoms with E-state index in [0.717, 1.165) is 5.69 Å². The second-order valence-electron chi connectivity index (χ2n) is 3.99. The van der Waals surface area contributed by atoms with Gasteiger partial charge in [0.2, 0.25) is 5.91 Å². The highest BCUT2D eigenvalue weighted by Gasteiger charge is 2.14. The lowest BCUT2D eigenvalue weighted by Crippen LogP contribution is -2.37. The van der Waals surface area contributed by atoms with Crippen LogP contribution in [0.25, 0.3) is 0 Å². The van der Waals surface area contributed by atoms with E-state index in [9.17, 15) is 4.79 Å². The van der Waals surface area contributed by atoms with Crippen LogP contribution in [0.1, 0.15) is 12.5 Å². The van der Waals surface area contributed by atoms with E-state index in [2.05, 4.69) is 5.32 Å². The second-order valence-corrected chi connectivity index (χ2v) is 3.99. The molecule has 1 atom stereocenters. The molecule has 0 aliphatic carbocycles. The maximum absolute atomic E-state index is 11.7. The summed E-state index contributed by atoms with van der Waals surface area (Å²) in [5.74, 6) is 0.0175. The van der Waals surface area contributed by atoms with Crippen molar-refractivity contribution in [1.29, 1.82) is 0 Å². The molecule has 0 radical (unpaired) electrons. The molecule has 0 aromatic heterocycles. The first kappa shape index (κ1) is 11.7. The fourth-order valence-electron chi connectivity index (χ4n) is 1.12. The number of benzene rings is 1. The van der Waals surface area contributed by atoms with Crippen LogP contribution in [0.5, 0.6) is 0 Å². The Bertz CT molecular complexity index is 330. The van der Waals surface area contributed by atoms with Gasteiger partial charge in [0.15, 0.2) is 0 Å². The summed E-state index contributed by atoms with van der Waals surface area (Å²) in [5.41, 5.74) is 2.04. The lowest BCUT2D eigenvalue weighted by Gasteiger charge is -2.18. The number of rotatable bonds is 3. The monoisotopic (exact) mass is 206 g/mol. The van der Waals surface area contributed by atoms with Crippen molar-refractivity contribution in [2.45, 2.75) is 19.9 Å². The largest absolute Gasteiger partial charge is 0.325 e. The maximum Gasteiger partial charge on any atom is 0.241 e. The van der Waals surface area contributed by atoms with Gasteiger partial charge in [-0.25, -0.2) is 0 Å². The Morgan fingerprint density at radius 3 is 2.27 bits per heavy atom. The second kappa shape index (κ2) is 4.94. The Kier molecular flexibility index (Phi) is 3.86. The minimum absolute atomic E-state index is 0.0175. The summed E-state index contributed by atoms with van der Waals surface area (Å²) in [4.78, 5) is 13.6. The molecule has 0 spiro atoms. The lowest BCUT2D eigenvalue weighted by molar-refractivity contribution is -0.119. The standard InChI is InChI=1S/C12H18N2O/c1-9-5-7-11(8-6-9)13-12(15)10(2)14(3)4/h5-8,10H,1-4H3,(H,13,15). The van der Waals surface area contributed by atoms with E-state index in [0.29, 0.717) is 0 Å². The van der Waals surface area contributed by atoms with Gasteiger partial charge in [-0.05, 0) is 40.1 Å². The molecule has 0 saturated heterocycles. The first-order valence-electron chi connectivity index (χ1n) is 5.04. The Morgan fingerprint density at radius 1 is 1.27 bits per heavy atom. The van der Waals surface area contributed by atoms with Crippen molar-refractivity contribution in [3.63, 3.8) is 0 Å². The number of likely N-dealkylation sites (N-methyl/N-ethyl adjacent to an activating group) is 1. The molecule has 3 heteroatoms. The molecule has 0 bridgehead atoms. The van der Waals surface area contributed by atoms with Crippen LogP contribution in [-0.2, 0) is 4.79 Å². The van der Waals surface area contributed by atoms with Crippen molar-refractivity contribution in [1.82, 2.24) is 4.90 Å². The quantitative estimate of drug-likeness (QED) is 0.819. The lowest BCUT2D eigenvalue weighted by atomic mass is 10.2. The van der Waals surface area contributed by atoms with Crippen LogP contribution >= 0.6 is 0 Å². The summed E-state index contributed by atoms with van der Waals surface area (Å²) >= 11 is 0. The van der Waals surface area contributed by atoms with Gasteiger partial charge in [0.05, 0.1) is 6.04 Å². The Balaban J connectivity index is 2.62. The Hall–Kier alpha value is -1.35. The van der Waals surface area contributed by atoms with Crippen LogP contribution in [0.3, 0.4) is 0 Å². The zero-order valence-corrected chi connectivity index (χ0v) is 9.74. The third-order valence-electron chi connectivity index (χ3n) is 2.47. The molecule has 3 nitrogen and oxygen atoms in total. The Labute approximate surface area is 91.1 Å². The number of carbonyl (C=O) groups excluding carboxylic acids is 1. The third-order valence-corrected chi connectivity index (χ3v) is 2.47. The molecule has 0 saturated carbocycles. The van der Waals surface area contributed by atoms with E-state index < -0.39 is 0 Å². The SMILES string of the molecule is Cc1ccc(NC(=O)C(C)N(C)C)cc1. The van der Waals surface area contributed by atoms with E-state index >= 15 is 0 Å². The molecule has 1 aromatic rings. The van der Waals surface area contributed by atoms with Gasteiger partial charge in [0.1, 0.15) is 0 Å². The van der Waals surface area contributed by atoms with Gasteiger partial charge in [0, 0.05) is 5.69 Å². The van der Waals surface area contributed by atoms with Crippen molar-refractivity contribution in [3.8, 4) is 0 Å². The van der Waals surface area contributed by atoms with Gasteiger partial charge >= 0.3 is 0 Å². The van der Waals surface area contributed by atoms with Gasteiger partial charge in [-0.3, -0.25) is 9.69 Å². The van der Waals surface area contributed by atoms with Crippen molar-refractivity contribution < 1.29 is 4.79 Å². The van der Waals surface area contributed by atoms with E-state index in [4.69, 9.17) is 0 Å². The zero-order chi connectivity index (χ0) is 11.4. The molecule has 0 heterocycles. The number of hydrogen-bond donors (Lipinski definition) is 1. The molecule has 1 aromatic carbocycles.